The van der Waals surface area contributed by atoms with Gasteiger partial charge in [-0.25, -0.2) is 0 Å². The van der Waals surface area contributed by atoms with E-state index in [4.69, 9.17) is 0 Å². The van der Waals surface area contributed by atoms with Gasteiger partial charge in [-0.1, -0.05) is 189 Å². The average molecular weight is 825 g/mol. The molecule has 0 amide bonds. The summed E-state index contributed by atoms with van der Waals surface area (Å²) in [6.07, 6.45) is 6.59. The van der Waals surface area contributed by atoms with Gasteiger partial charge in [-0.2, -0.15) is 0 Å². The molecule has 0 unspecified atom stereocenters. The lowest BCUT2D eigenvalue weighted by Gasteiger charge is -2.34. The second kappa shape index (κ2) is 15.6. The molecule has 12 rings (SSSR count). The Hall–Kier alpha value is -7.20. The number of benzene rings is 9. The first kappa shape index (κ1) is 37.5. The van der Waals surface area contributed by atoms with E-state index in [0.29, 0.717) is 5.92 Å². The van der Waals surface area contributed by atoms with E-state index in [-0.39, 0.29) is 0 Å². The quantitative estimate of drug-likeness (QED) is 0.107. The van der Waals surface area contributed by atoms with E-state index in [9.17, 15) is 0 Å². The number of hydrogen-bond donors (Lipinski definition) is 0. The number of fused-ring (bicyclic) bond motifs is 6. The van der Waals surface area contributed by atoms with E-state index in [1.165, 1.54) is 119 Å². The molecular formula is C60H48N2Si. The predicted octanol–water partition coefficient (Wildman–Crippen LogP) is 13.0. The molecule has 2 aromatic heterocycles. The van der Waals surface area contributed by atoms with Crippen LogP contribution in [-0.4, -0.2) is 17.2 Å². The largest absolute Gasteiger partial charge is 0.309 e. The third-order valence-electron chi connectivity index (χ3n) is 14.1. The van der Waals surface area contributed by atoms with Gasteiger partial charge in [0.2, 0.25) is 0 Å². The fraction of sp³-hybridized carbons (Fsp3) is 0.100. The minimum Gasteiger partial charge on any atom is -0.309 e. The van der Waals surface area contributed by atoms with Gasteiger partial charge in [0.05, 0.1) is 22.1 Å². The molecule has 3 heteroatoms. The summed E-state index contributed by atoms with van der Waals surface area (Å²) in [4.78, 5) is 0. The third kappa shape index (κ3) is 6.21. The monoisotopic (exact) mass is 824 g/mol. The first-order chi connectivity index (χ1) is 31.3. The van der Waals surface area contributed by atoms with Crippen molar-refractivity contribution in [3.05, 3.63) is 230 Å². The summed E-state index contributed by atoms with van der Waals surface area (Å²) in [6.45, 7) is 0. The summed E-state index contributed by atoms with van der Waals surface area (Å²) in [5, 5.41) is 10.7. The van der Waals surface area contributed by atoms with Gasteiger partial charge in [0.1, 0.15) is 0 Å². The Morgan fingerprint density at radius 2 is 0.810 bits per heavy atom. The van der Waals surface area contributed by atoms with Crippen LogP contribution in [0.3, 0.4) is 0 Å². The van der Waals surface area contributed by atoms with E-state index in [1.807, 2.05) is 0 Å². The smallest absolute Gasteiger partial charge is 0.179 e. The van der Waals surface area contributed by atoms with Crippen LogP contribution in [0, 0.1) is 0 Å². The molecule has 0 spiro atoms. The van der Waals surface area contributed by atoms with Crippen LogP contribution in [0.2, 0.25) is 0 Å². The second-order valence-corrected chi connectivity index (χ2v) is 21.3. The van der Waals surface area contributed by atoms with Crippen LogP contribution in [0.25, 0.3) is 66.1 Å². The summed E-state index contributed by atoms with van der Waals surface area (Å²) in [7, 11) is -2.67. The lowest BCUT2D eigenvalue weighted by molar-refractivity contribution is 0.444. The van der Waals surface area contributed by atoms with Gasteiger partial charge < -0.3 is 9.13 Å². The maximum Gasteiger partial charge on any atom is 0.179 e. The molecule has 63 heavy (non-hydrogen) atoms. The minimum atomic E-state index is -2.67. The Bertz CT molecular complexity index is 3300. The standard InChI is InChI=1S/C60H48N2Si/c1-6-18-43(19-7-1)45-30-38-58-55(40-45)56-41-46(44-20-8-2-9-21-44)31-39-59(56)62(58)48-34-37-54-53-28-16-17-29-57(53)61(60(54)42-48)47-32-35-52(36-33-47)63(49-22-10-3-11-23-49,50-24-12-4-13-25-50)51-26-14-5-15-27-51/h1,3-7,10-19,22-42,44H,2,8-9,20-21H2. The van der Waals surface area contributed by atoms with E-state index < -0.39 is 8.07 Å². The van der Waals surface area contributed by atoms with E-state index in [0.717, 1.165) is 5.69 Å². The zero-order valence-electron chi connectivity index (χ0n) is 35.4. The highest BCUT2D eigenvalue weighted by atomic mass is 28.3. The van der Waals surface area contributed by atoms with E-state index >= 15 is 0 Å². The Morgan fingerprint density at radius 3 is 1.46 bits per heavy atom. The van der Waals surface area contributed by atoms with Gasteiger partial charge in [-0.05, 0) is 111 Å². The Morgan fingerprint density at radius 1 is 0.317 bits per heavy atom. The van der Waals surface area contributed by atoms with Crippen molar-refractivity contribution in [2.75, 3.05) is 0 Å². The number of nitrogens with zero attached hydrogens (tertiary/aromatic N) is 2. The first-order valence-electron chi connectivity index (χ1n) is 22.7. The molecule has 0 N–H and O–H groups in total. The Kier molecular flexibility index (Phi) is 9.30. The van der Waals surface area contributed by atoms with Gasteiger partial charge in [0.25, 0.3) is 0 Å². The summed E-state index contributed by atoms with van der Waals surface area (Å²) in [5.41, 5.74) is 11.2. The highest BCUT2D eigenvalue weighted by Crippen LogP contribution is 2.41. The normalized spacial score (nSPS) is 13.7. The van der Waals surface area contributed by atoms with Gasteiger partial charge >= 0.3 is 0 Å². The lowest BCUT2D eigenvalue weighted by atomic mass is 9.83. The van der Waals surface area contributed by atoms with Crippen molar-refractivity contribution in [3.8, 4) is 22.5 Å². The van der Waals surface area contributed by atoms with Gasteiger partial charge in [-0.3, -0.25) is 0 Å². The zero-order valence-corrected chi connectivity index (χ0v) is 36.4. The molecule has 11 aromatic rings. The second-order valence-electron chi connectivity index (χ2n) is 17.5. The van der Waals surface area contributed by atoms with Gasteiger partial charge in [0, 0.05) is 32.9 Å². The molecule has 302 valence electrons. The average Bonchev–Trinajstić information content (AvgIpc) is 3.87. The molecule has 9 aromatic carbocycles. The molecule has 0 atom stereocenters. The molecule has 1 saturated carbocycles. The van der Waals surface area contributed by atoms with Crippen LogP contribution < -0.4 is 20.7 Å². The molecule has 1 fully saturated rings. The zero-order chi connectivity index (χ0) is 41.7. The predicted molar refractivity (Wildman–Crippen MR) is 270 cm³/mol. The lowest BCUT2D eigenvalue weighted by Crippen LogP contribution is -2.74. The third-order valence-corrected chi connectivity index (χ3v) is 18.9. The molecule has 0 saturated heterocycles. The SMILES string of the molecule is c1ccc(-c2ccc3c(c2)c2cc(C4CCCCC4)ccc2n3-c2ccc3c4ccccc4n(-c4ccc([Si](c5ccccc5)(c5ccccc5)c5ccccc5)cc4)c3c2)cc1. The van der Waals surface area contributed by atoms with Crippen molar-refractivity contribution in [1.29, 1.82) is 0 Å². The molecule has 0 aliphatic heterocycles. The maximum absolute atomic E-state index is 2.67. The van der Waals surface area contributed by atoms with Crippen molar-refractivity contribution < 1.29 is 0 Å². The molecule has 2 nitrogen and oxygen atoms in total. The molecule has 1 aliphatic rings. The summed E-state index contributed by atoms with van der Waals surface area (Å²) >= 11 is 0. The first-order valence-corrected chi connectivity index (χ1v) is 24.7. The van der Waals surface area contributed by atoms with Crippen molar-refractivity contribution in [3.63, 3.8) is 0 Å². The van der Waals surface area contributed by atoms with Crippen LogP contribution in [0.4, 0.5) is 0 Å². The molecule has 0 radical (unpaired) electrons. The van der Waals surface area contributed by atoms with Gasteiger partial charge in [0.15, 0.2) is 8.07 Å². The fourth-order valence-corrected chi connectivity index (χ4v) is 15.9. The van der Waals surface area contributed by atoms with Crippen LogP contribution in [-0.2, 0) is 0 Å². The molecule has 0 bridgehead atoms. The number of para-hydroxylation sites is 1. The van der Waals surface area contributed by atoms with Crippen molar-refractivity contribution in [1.82, 2.24) is 9.13 Å². The number of hydrogen-bond acceptors (Lipinski definition) is 0. The van der Waals surface area contributed by atoms with E-state index in [2.05, 4.69) is 234 Å². The van der Waals surface area contributed by atoms with Gasteiger partial charge in [-0.15, -0.1) is 0 Å². The Labute approximate surface area is 370 Å². The summed E-state index contributed by atoms with van der Waals surface area (Å²) in [6, 6.07) is 84.4. The Balaban J connectivity index is 1.05. The van der Waals surface area contributed by atoms with Crippen LogP contribution in [0.15, 0.2) is 224 Å². The molecular weight excluding hydrogens is 777 g/mol. The number of aromatic nitrogens is 2. The van der Waals surface area contributed by atoms with Crippen molar-refractivity contribution in [2.45, 2.75) is 38.0 Å². The number of rotatable bonds is 8. The highest BCUT2D eigenvalue weighted by molar-refractivity contribution is 7.19. The fourth-order valence-electron chi connectivity index (χ4n) is 11.1. The summed E-state index contributed by atoms with van der Waals surface area (Å²) in [5.74, 6) is 0.637. The van der Waals surface area contributed by atoms with Crippen LogP contribution >= 0.6 is 0 Å². The maximum atomic E-state index is 2.53. The summed E-state index contributed by atoms with van der Waals surface area (Å²) < 4.78 is 4.99. The highest BCUT2D eigenvalue weighted by Gasteiger charge is 2.41. The molecule has 1 aliphatic carbocycles. The van der Waals surface area contributed by atoms with Crippen molar-refractivity contribution >= 4 is 72.4 Å². The minimum absolute atomic E-state index is 0.637. The molecule has 2 heterocycles. The topological polar surface area (TPSA) is 9.86 Å². The van der Waals surface area contributed by atoms with Crippen LogP contribution in [0.1, 0.15) is 43.6 Å². The van der Waals surface area contributed by atoms with Crippen LogP contribution in [0.5, 0.6) is 0 Å². The van der Waals surface area contributed by atoms with E-state index in [1.54, 1.807) is 0 Å². The van der Waals surface area contributed by atoms with Crippen molar-refractivity contribution in [2.24, 2.45) is 0 Å².